The minimum atomic E-state index is -2.63. The molecule has 0 aliphatic heterocycles. The van der Waals surface area contributed by atoms with E-state index in [1.54, 1.807) is 13.8 Å². The van der Waals surface area contributed by atoms with Crippen molar-refractivity contribution in [3.8, 4) is 5.75 Å². The number of aryl methyl sites for hydroxylation is 2. The highest BCUT2D eigenvalue weighted by Gasteiger charge is 2.18. The van der Waals surface area contributed by atoms with Crippen molar-refractivity contribution < 1.29 is 27.5 Å². The Kier molecular flexibility index (Phi) is 6.85. The summed E-state index contributed by atoms with van der Waals surface area (Å²) in [7, 11) is 0. The maximum atomic E-state index is 14.4. The number of hydrogen-bond acceptors (Lipinski definition) is 6. The van der Waals surface area contributed by atoms with Gasteiger partial charge in [-0.05, 0) is 43.7 Å². The van der Waals surface area contributed by atoms with Gasteiger partial charge in [-0.25, -0.2) is 23.1 Å². The largest absolute Gasteiger partial charge is 0.486 e. The van der Waals surface area contributed by atoms with E-state index in [0.29, 0.717) is 10.4 Å². The quantitative estimate of drug-likeness (QED) is 0.555. The SMILES string of the molecule is Cc1ncc(C(=O)Nc2cc(C(=O)Nc3ccc(OCC(F)F)cn3)c(F)cc2C)s1. The highest BCUT2D eigenvalue weighted by Crippen LogP contribution is 2.23. The number of hydrogen-bond donors (Lipinski definition) is 2. The Labute approximate surface area is 179 Å². The van der Waals surface area contributed by atoms with E-state index in [-0.39, 0.29) is 22.8 Å². The second kappa shape index (κ2) is 9.56. The first-order chi connectivity index (χ1) is 14.7. The summed E-state index contributed by atoms with van der Waals surface area (Å²) in [4.78, 5) is 33.2. The molecule has 0 radical (unpaired) electrons. The Hall–Kier alpha value is -3.47. The van der Waals surface area contributed by atoms with Crippen LogP contribution in [0.25, 0.3) is 0 Å². The molecule has 0 spiro atoms. The van der Waals surface area contributed by atoms with E-state index in [0.717, 1.165) is 17.3 Å². The zero-order valence-electron chi connectivity index (χ0n) is 16.4. The molecule has 11 heteroatoms. The lowest BCUT2D eigenvalue weighted by atomic mass is 10.1. The summed E-state index contributed by atoms with van der Waals surface area (Å²) in [5.74, 6) is -1.83. The third kappa shape index (κ3) is 5.79. The van der Waals surface area contributed by atoms with Crippen molar-refractivity contribution in [2.24, 2.45) is 0 Å². The normalized spacial score (nSPS) is 10.8. The van der Waals surface area contributed by atoms with E-state index in [1.807, 2.05) is 0 Å². The van der Waals surface area contributed by atoms with Gasteiger partial charge < -0.3 is 15.4 Å². The number of anilines is 2. The van der Waals surface area contributed by atoms with Crippen LogP contribution in [0.5, 0.6) is 5.75 Å². The fourth-order valence-electron chi connectivity index (χ4n) is 2.51. The topological polar surface area (TPSA) is 93.2 Å². The standard InChI is InChI=1S/C20H17F3N4O3S/c1-10-5-14(21)13(6-15(10)26-20(29)16-8-24-11(2)31-16)19(28)27-18-4-3-12(7-25-18)30-9-17(22)23/h3-8,17H,9H2,1-2H3,(H,26,29)(H,25,27,28). The fraction of sp³-hybridized carbons (Fsp3) is 0.200. The van der Waals surface area contributed by atoms with Crippen molar-refractivity contribution in [2.45, 2.75) is 20.3 Å². The molecule has 1 aromatic carbocycles. The van der Waals surface area contributed by atoms with Crippen molar-refractivity contribution in [1.82, 2.24) is 9.97 Å². The van der Waals surface area contributed by atoms with Gasteiger partial charge >= 0.3 is 0 Å². The molecule has 2 aromatic heterocycles. The summed E-state index contributed by atoms with van der Waals surface area (Å²) < 4.78 is 43.5. The molecule has 2 amide bonds. The van der Waals surface area contributed by atoms with E-state index >= 15 is 0 Å². The van der Waals surface area contributed by atoms with Crippen molar-refractivity contribution in [1.29, 1.82) is 0 Å². The average molecular weight is 450 g/mol. The Bertz CT molecular complexity index is 1100. The summed E-state index contributed by atoms with van der Waals surface area (Å²) >= 11 is 1.21. The number of thiazole rings is 1. The van der Waals surface area contributed by atoms with Crippen LogP contribution in [0.1, 0.15) is 30.6 Å². The van der Waals surface area contributed by atoms with Gasteiger partial charge in [0.25, 0.3) is 18.2 Å². The molecule has 0 unspecified atom stereocenters. The minimum absolute atomic E-state index is 0.0695. The second-order valence-corrected chi connectivity index (χ2v) is 7.61. The molecule has 0 aliphatic carbocycles. The smallest absolute Gasteiger partial charge is 0.272 e. The molecule has 2 heterocycles. The highest BCUT2D eigenvalue weighted by atomic mass is 32.1. The van der Waals surface area contributed by atoms with E-state index < -0.39 is 30.7 Å². The molecule has 0 saturated heterocycles. The Morgan fingerprint density at radius 1 is 1.10 bits per heavy atom. The third-order valence-electron chi connectivity index (χ3n) is 4.01. The van der Waals surface area contributed by atoms with Crippen LogP contribution in [0.15, 0.2) is 36.7 Å². The minimum Gasteiger partial charge on any atom is -0.486 e. The van der Waals surface area contributed by atoms with Crippen molar-refractivity contribution >= 4 is 34.7 Å². The van der Waals surface area contributed by atoms with Crippen LogP contribution in [0.4, 0.5) is 24.7 Å². The molecule has 162 valence electrons. The molecule has 3 aromatic rings. The number of nitrogens with zero attached hydrogens (tertiary/aromatic N) is 2. The van der Waals surface area contributed by atoms with Gasteiger partial charge in [-0.2, -0.15) is 0 Å². The van der Waals surface area contributed by atoms with Gasteiger partial charge in [0.05, 0.1) is 23.0 Å². The maximum Gasteiger partial charge on any atom is 0.272 e. The van der Waals surface area contributed by atoms with Gasteiger partial charge in [-0.15, -0.1) is 11.3 Å². The number of nitrogens with one attached hydrogen (secondary N) is 2. The zero-order chi connectivity index (χ0) is 22.5. The number of halogens is 3. The second-order valence-electron chi connectivity index (χ2n) is 6.38. The Morgan fingerprint density at radius 3 is 2.48 bits per heavy atom. The number of alkyl halides is 2. The van der Waals surface area contributed by atoms with Gasteiger partial charge in [0.1, 0.15) is 28.9 Å². The first kappa shape index (κ1) is 22.2. The molecule has 7 nitrogen and oxygen atoms in total. The lowest BCUT2D eigenvalue weighted by molar-refractivity contribution is 0.0817. The summed E-state index contributed by atoms with van der Waals surface area (Å²) in [6, 6.07) is 5.04. The number of rotatable bonds is 7. The number of ether oxygens (including phenoxy) is 1. The lowest BCUT2D eigenvalue weighted by Gasteiger charge is -2.12. The van der Waals surface area contributed by atoms with Crippen LogP contribution in [-0.2, 0) is 0 Å². The molecule has 0 saturated carbocycles. The predicted octanol–water partition coefficient (Wildman–Crippen LogP) is 4.44. The highest BCUT2D eigenvalue weighted by molar-refractivity contribution is 7.13. The monoisotopic (exact) mass is 450 g/mol. The molecular weight excluding hydrogens is 433 g/mol. The number of amides is 2. The number of carbonyl (C=O) groups excluding carboxylic acids is 2. The summed E-state index contributed by atoms with van der Waals surface area (Å²) in [5.41, 5.74) is 0.398. The van der Waals surface area contributed by atoms with E-state index in [4.69, 9.17) is 4.74 Å². The molecule has 31 heavy (non-hydrogen) atoms. The van der Waals surface area contributed by atoms with Gasteiger partial charge in [0.2, 0.25) is 0 Å². The molecule has 3 rings (SSSR count). The zero-order valence-corrected chi connectivity index (χ0v) is 17.2. The van der Waals surface area contributed by atoms with Gasteiger partial charge in [-0.1, -0.05) is 0 Å². The van der Waals surface area contributed by atoms with E-state index in [1.165, 1.54) is 35.7 Å². The first-order valence-corrected chi connectivity index (χ1v) is 9.77. The van der Waals surface area contributed by atoms with Crippen LogP contribution in [-0.4, -0.2) is 34.8 Å². The average Bonchev–Trinajstić information content (AvgIpc) is 3.15. The molecule has 0 atom stereocenters. The molecule has 0 aliphatic rings. The molecule has 2 N–H and O–H groups in total. The number of carbonyl (C=O) groups is 2. The predicted molar refractivity (Wildman–Crippen MR) is 110 cm³/mol. The Morgan fingerprint density at radius 2 is 1.87 bits per heavy atom. The maximum absolute atomic E-state index is 14.4. The first-order valence-electron chi connectivity index (χ1n) is 8.95. The number of benzene rings is 1. The lowest BCUT2D eigenvalue weighted by Crippen LogP contribution is -2.17. The summed E-state index contributed by atoms with van der Waals surface area (Å²) in [5, 5.41) is 5.78. The fourth-order valence-corrected chi connectivity index (χ4v) is 3.19. The van der Waals surface area contributed by atoms with Gasteiger partial charge in [0.15, 0.2) is 0 Å². The molecule has 0 bridgehead atoms. The number of aromatic nitrogens is 2. The molecule has 0 fully saturated rings. The van der Waals surface area contributed by atoms with Crippen LogP contribution in [0.2, 0.25) is 0 Å². The summed E-state index contributed by atoms with van der Waals surface area (Å²) in [6.07, 6.45) is -0.0346. The van der Waals surface area contributed by atoms with E-state index in [9.17, 15) is 22.8 Å². The van der Waals surface area contributed by atoms with Crippen molar-refractivity contribution in [3.63, 3.8) is 0 Å². The van der Waals surface area contributed by atoms with Crippen LogP contribution in [0, 0.1) is 19.7 Å². The molecular formula is C20H17F3N4O3S. The number of pyridine rings is 1. The van der Waals surface area contributed by atoms with Gasteiger partial charge in [0, 0.05) is 5.69 Å². The third-order valence-corrected chi connectivity index (χ3v) is 4.92. The van der Waals surface area contributed by atoms with Crippen LogP contribution < -0.4 is 15.4 Å². The van der Waals surface area contributed by atoms with Crippen molar-refractivity contribution in [3.05, 3.63) is 63.5 Å². The van der Waals surface area contributed by atoms with Crippen LogP contribution >= 0.6 is 11.3 Å². The Balaban J connectivity index is 1.73. The van der Waals surface area contributed by atoms with Crippen molar-refractivity contribution in [2.75, 3.05) is 17.2 Å². The van der Waals surface area contributed by atoms with Crippen LogP contribution in [0.3, 0.4) is 0 Å². The summed E-state index contributed by atoms with van der Waals surface area (Å²) in [6.45, 7) is 2.58. The van der Waals surface area contributed by atoms with Gasteiger partial charge in [-0.3, -0.25) is 9.59 Å². The van der Waals surface area contributed by atoms with E-state index in [2.05, 4.69) is 20.6 Å².